The second-order valence-electron chi connectivity index (χ2n) is 6.73. The van der Waals surface area contributed by atoms with Gasteiger partial charge in [0.25, 0.3) is 11.8 Å². The summed E-state index contributed by atoms with van der Waals surface area (Å²) in [5.41, 5.74) is 5.57. The molecule has 0 spiro atoms. The number of rotatable bonds is 4. The van der Waals surface area contributed by atoms with Gasteiger partial charge in [-0.05, 0) is 79.9 Å². The molecule has 0 radical (unpaired) electrons. The van der Waals surface area contributed by atoms with Crippen LogP contribution in [0.25, 0.3) is 0 Å². The van der Waals surface area contributed by atoms with Gasteiger partial charge in [0.1, 0.15) is 0 Å². The molecule has 0 aliphatic rings. The number of carbonyl (C=O) groups excluding carboxylic acids is 2. The number of benzene rings is 3. The van der Waals surface area contributed by atoms with Crippen LogP contribution in [-0.2, 0) is 0 Å². The maximum Gasteiger partial charge on any atom is 0.255 e. The maximum atomic E-state index is 12.6. The average Bonchev–Trinajstić information content (AvgIpc) is 2.61. The van der Waals surface area contributed by atoms with E-state index in [0.29, 0.717) is 11.1 Å². The Balaban J connectivity index is 1.76. The van der Waals surface area contributed by atoms with Crippen molar-refractivity contribution in [2.24, 2.45) is 0 Å². The van der Waals surface area contributed by atoms with Crippen molar-refractivity contribution in [3.63, 3.8) is 0 Å². The quantitative estimate of drug-likeness (QED) is 0.680. The van der Waals surface area contributed by atoms with Gasteiger partial charge in [0.2, 0.25) is 0 Å². The van der Waals surface area contributed by atoms with Gasteiger partial charge in [-0.2, -0.15) is 0 Å². The van der Waals surface area contributed by atoms with Gasteiger partial charge in [-0.25, -0.2) is 0 Å². The Labute approximate surface area is 159 Å². The summed E-state index contributed by atoms with van der Waals surface area (Å²) >= 11 is 0. The van der Waals surface area contributed by atoms with E-state index in [1.165, 1.54) is 0 Å². The predicted molar refractivity (Wildman–Crippen MR) is 109 cm³/mol. The lowest BCUT2D eigenvalue weighted by molar-refractivity contribution is 0.102. The van der Waals surface area contributed by atoms with Gasteiger partial charge in [0, 0.05) is 22.5 Å². The first kappa shape index (κ1) is 18.4. The molecule has 0 bridgehead atoms. The molecule has 4 heteroatoms. The van der Waals surface area contributed by atoms with E-state index >= 15 is 0 Å². The van der Waals surface area contributed by atoms with Crippen LogP contribution in [-0.4, -0.2) is 11.8 Å². The van der Waals surface area contributed by atoms with E-state index in [0.717, 1.165) is 28.1 Å². The molecule has 0 heterocycles. The van der Waals surface area contributed by atoms with E-state index in [4.69, 9.17) is 0 Å². The Bertz CT molecular complexity index is 989. The van der Waals surface area contributed by atoms with Gasteiger partial charge < -0.3 is 10.6 Å². The van der Waals surface area contributed by atoms with Gasteiger partial charge >= 0.3 is 0 Å². The van der Waals surface area contributed by atoms with Crippen molar-refractivity contribution >= 4 is 23.2 Å². The number of carbonyl (C=O) groups is 2. The Morgan fingerprint density at radius 1 is 0.593 bits per heavy atom. The van der Waals surface area contributed by atoms with Crippen LogP contribution in [0.2, 0.25) is 0 Å². The van der Waals surface area contributed by atoms with E-state index in [1.54, 1.807) is 24.3 Å². The zero-order chi connectivity index (χ0) is 19.4. The molecular weight excluding hydrogens is 336 g/mol. The molecule has 3 rings (SSSR count). The largest absolute Gasteiger partial charge is 0.322 e. The van der Waals surface area contributed by atoms with Crippen LogP contribution >= 0.6 is 0 Å². The van der Waals surface area contributed by atoms with Crippen LogP contribution in [0.3, 0.4) is 0 Å². The first-order valence-electron chi connectivity index (χ1n) is 8.78. The summed E-state index contributed by atoms with van der Waals surface area (Å²) in [7, 11) is 0. The van der Waals surface area contributed by atoms with Crippen molar-refractivity contribution < 1.29 is 9.59 Å². The molecule has 0 aliphatic heterocycles. The third-order valence-electron chi connectivity index (χ3n) is 4.14. The molecule has 0 aliphatic carbocycles. The summed E-state index contributed by atoms with van der Waals surface area (Å²) in [5, 5.41) is 5.75. The number of amides is 2. The Hall–Kier alpha value is -3.40. The molecule has 27 heavy (non-hydrogen) atoms. The van der Waals surface area contributed by atoms with E-state index < -0.39 is 0 Å². The summed E-state index contributed by atoms with van der Waals surface area (Å²) in [4.78, 5) is 25.1. The highest BCUT2D eigenvalue weighted by atomic mass is 16.2. The van der Waals surface area contributed by atoms with Crippen LogP contribution in [0.15, 0.2) is 66.7 Å². The van der Waals surface area contributed by atoms with E-state index in [9.17, 15) is 9.59 Å². The minimum Gasteiger partial charge on any atom is -0.322 e. The lowest BCUT2D eigenvalue weighted by Crippen LogP contribution is -2.15. The molecule has 0 saturated carbocycles. The molecule has 0 aromatic heterocycles. The Morgan fingerprint density at radius 3 is 1.70 bits per heavy atom. The highest BCUT2D eigenvalue weighted by molar-refractivity contribution is 6.08. The van der Waals surface area contributed by atoms with Crippen molar-refractivity contribution in [1.29, 1.82) is 0 Å². The first-order valence-corrected chi connectivity index (χ1v) is 8.78. The molecule has 4 nitrogen and oxygen atoms in total. The second-order valence-corrected chi connectivity index (χ2v) is 6.73. The summed E-state index contributed by atoms with van der Waals surface area (Å²) < 4.78 is 0. The fourth-order valence-corrected chi connectivity index (χ4v) is 2.98. The number of nitrogens with one attached hydrogen (secondary N) is 2. The van der Waals surface area contributed by atoms with Crippen LogP contribution in [0.1, 0.15) is 37.4 Å². The minimum atomic E-state index is -0.248. The predicted octanol–water partition coefficient (Wildman–Crippen LogP) is 5.12. The number of hydrogen-bond acceptors (Lipinski definition) is 2. The Kier molecular flexibility index (Phi) is 5.36. The van der Waals surface area contributed by atoms with E-state index in [1.807, 2.05) is 63.2 Å². The molecule has 0 fully saturated rings. The van der Waals surface area contributed by atoms with Crippen LogP contribution in [0.4, 0.5) is 11.4 Å². The second kappa shape index (κ2) is 7.87. The fourth-order valence-electron chi connectivity index (χ4n) is 2.98. The van der Waals surface area contributed by atoms with E-state index in [2.05, 4.69) is 10.6 Å². The van der Waals surface area contributed by atoms with Gasteiger partial charge in [-0.3, -0.25) is 9.59 Å². The van der Waals surface area contributed by atoms with Crippen molar-refractivity contribution in [2.45, 2.75) is 20.8 Å². The zero-order valence-corrected chi connectivity index (χ0v) is 15.7. The lowest BCUT2D eigenvalue weighted by Gasteiger charge is -2.09. The van der Waals surface area contributed by atoms with Crippen molar-refractivity contribution in [2.75, 3.05) is 10.6 Å². The molecule has 2 N–H and O–H groups in total. The summed E-state index contributed by atoms with van der Waals surface area (Å²) in [6.45, 7) is 5.94. The summed E-state index contributed by atoms with van der Waals surface area (Å²) in [5.74, 6) is -0.494. The number of aryl methyl sites for hydroxylation is 3. The smallest absolute Gasteiger partial charge is 0.255 e. The van der Waals surface area contributed by atoms with Crippen molar-refractivity contribution in [3.8, 4) is 0 Å². The molecule has 0 unspecified atom stereocenters. The third-order valence-corrected chi connectivity index (χ3v) is 4.14. The highest BCUT2D eigenvalue weighted by Gasteiger charge is 2.11. The molecule has 2 amide bonds. The van der Waals surface area contributed by atoms with Crippen LogP contribution in [0.5, 0.6) is 0 Å². The van der Waals surface area contributed by atoms with Gasteiger partial charge in [-0.15, -0.1) is 0 Å². The number of hydrogen-bond donors (Lipinski definition) is 2. The molecule has 3 aromatic carbocycles. The molecule has 3 aromatic rings. The fraction of sp³-hybridized carbons (Fsp3) is 0.130. The first-order chi connectivity index (χ1) is 12.9. The maximum absolute atomic E-state index is 12.6. The van der Waals surface area contributed by atoms with E-state index in [-0.39, 0.29) is 11.8 Å². The monoisotopic (exact) mass is 358 g/mol. The van der Waals surface area contributed by atoms with Gasteiger partial charge in [-0.1, -0.05) is 24.3 Å². The van der Waals surface area contributed by atoms with Gasteiger partial charge in [0.15, 0.2) is 0 Å². The standard InChI is InChI=1S/C23H22N2O2/c1-15-6-4-9-20(11-15)24-22(26)18-7-5-8-19(14-18)23(27)25-21-12-16(2)10-17(3)13-21/h4-14H,1-3H3,(H,24,26)(H,25,27). The molecular formula is C23H22N2O2. The molecule has 136 valence electrons. The Morgan fingerprint density at radius 2 is 1.11 bits per heavy atom. The lowest BCUT2D eigenvalue weighted by atomic mass is 10.1. The number of anilines is 2. The van der Waals surface area contributed by atoms with Gasteiger partial charge in [0.05, 0.1) is 0 Å². The normalized spacial score (nSPS) is 10.3. The average molecular weight is 358 g/mol. The highest BCUT2D eigenvalue weighted by Crippen LogP contribution is 2.16. The van der Waals surface area contributed by atoms with Crippen molar-refractivity contribution in [3.05, 3.63) is 94.5 Å². The minimum absolute atomic E-state index is 0.245. The van der Waals surface area contributed by atoms with Crippen LogP contribution < -0.4 is 10.6 Å². The van der Waals surface area contributed by atoms with Crippen molar-refractivity contribution in [1.82, 2.24) is 0 Å². The molecule has 0 saturated heterocycles. The van der Waals surface area contributed by atoms with Crippen LogP contribution in [0, 0.1) is 20.8 Å². The summed E-state index contributed by atoms with van der Waals surface area (Å²) in [6, 6.07) is 20.2. The SMILES string of the molecule is Cc1cccc(NC(=O)c2cccc(C(=O)Nc3cc(C)cc(C)c3)c2)c1. The zero-order valence-electron chi connectivity index (χ0n) is 15.7. The summed E-state index contributed by atoms with van der Waals surface area (Å²) in [6.07, 6.45) is 0. The topological polar surface area (TPSA) is 58.2 Å². The molecule has 0 atom stereocenters. The third kappa shape index (κ3) is 4.82.